The van der Waals surface area contributed by atoms with Crippen molar-refractivity contribution in [1.82, 2.24) is 4.98 Å². The molecule has 2 rings (SSSR count). The van der Waals surface area contributed by atoms with Gasteiger partial charge in [-0.1, -0.05) is 6.92 Å². The smallest absolute Gasteiger partial charge is 0.131 e. The Morgan fingerprint density at radius 2 is 2.05 bits per heavy atom. The standard InChI is InChI=1S/C15H15N3O/c1-2-9-19-14-5-3-13(4-6-14)18-15-10-12(11-16)7-8-17-15/h3-8,10H,2,9H2,1H3,(H,17,18). The van der Waals surface area contributed by atoms with Crippen molar-refractivity contribution < 1.29 is 4.74 Å². The average Bonchev–Trinajstić information content (AvgIpc) is 2.47. The Balaban J connectivity index is 2.04. The van der Waals surface area contributed by atoms with Crippen LogP contribution in [0.5, 0.6) is 5.75 Å². The molecule has 0 aliphatic rings. The molecule has 0 radical (unpaired) electrons. The number of aromatic nitrogens is 1. The molecule has 0 atom stereocenters. The second-order valence-corrected chi connectivity index (χ2v) is 4.04. The van der Waals surface area contributed by atoms with E-state index in [2.05, 4.69) is 23.3 Å². The Kier molecular flexibility index (Phi) is 4.35. The summed E-state index contributed by atoms with van der Waals surface area (Å²) < 4.78 is 5.51. The molecule has 0 aliphatic carbocycles. The predicted molar refractivity (Wildman–Crippen MR) is 74.5 cm³/mol. The molecule has 0 amide bonds. The molecule has 2 aromatic rings. The minimum Gasteiger partial charge on any atom is -0.494 e. The molecule has 1 N–H and O–H groups in total. The van der Waals surface area contributed by atoms with Gasteiger partial charge < -0.3 is 10.1 Å². The molecule has 19 heavy (non-hydrogen) atoms. The van der Waals surface area contributed by atoms with Crippen LogP contribution in [0.2, 0.25) is 0 Å². The summed E-state index contributed by atoms with van der Waals surface area (Å²) in [5, 5.41) is 12.0. The van der Waals surface area contributed by atoms with Crippen molar-refractivity contribution in [2.75, 3.05) is 11.9 Å². The molecule has 0 bridgehead atoms. The summed E-state index contributed by atoms with van der Waals surface area (Å²) in [7, 11) is 0. The summed E-state index contributed by atoms with van der Waals surface area (Å²) in [5.74, 6) is 1.51. The van der Waals surface area contributed by atoms with Gasteiger partial charge in [-0.15, -0.1) is 0 Å². The van der Waals surface area contributed by atoms with E-state index in [1.807, 2.05) is 24.3 Å². The Bertz CT molecular complexity index is 573. The zero-order valence-corrected chi connectivity index (χ0v) is 10.8. The highest BCUT2D eigenvalue weighted by atomic mass is 16.5. The summed E-state index contributed by atoms with van der Waals surface area (Å²) >= 11 is 0. The number of hydrogen-bond donors (Lipinski definition) is 1. The van der Waals surface area contributed by atoms with Gasteiger partial charge in [0.15, 0.2) is 0 Å². The van der Waals surface area contributed by atoms with Gasteiger partial charge in [-0.2, -0.15) is 5.26 Å². The lowest BCUT2D eigenvalue weighted by atomic mass is 10.2. The van der Waals surface area contributed by atoms with E-state index >= 15 is 0 Å². The van der Waals surface area contributed by atoms with Gasteiger partial charge in [-0.25, -0.2) is 4.98 Å². The summed E-state index contributed by atoms with van der Waals surface area (Å²) in [4.78, 5) is 4.16. The lowest BCUT2D eigenvalue weighted by molar-refractivity contribution is 0.317. The number of nitrogens with one attached hydrogen (secondary N) is 1. The normalized spacial score (nSPS) is 9.68. The maximum Gasteiger partial charge on any atom is 0.131 e. The van der Waals surface area contributed by atoms with Gasteiger partial charge in [-0.3, -0.25) is 0 Å². The number of rotatable bonds is 5. The van der Waals surface area contributed by atoms with Crippen molar-refractivity contribution in [3.8, 4) is 11.8 Å². The number of benzene rings is 1. The van der Waals surface area contributed by atoms with Crippen LogP contribution in [-0.2, 0) is 0 Å². The number of pyridine rings is 1. The quantitative estimate of drug-likeness (QED) is 0.886. The zero-order valence-electron chi connectivity index (χ0n) is 10.8. The average molecular weight is 253 g/mol. The number of hydrogen-bond acceptors (Lipinski definition) is 4. The maximum atomic E-state index is 8.82. The zero-order chi connectivity index (χ0) is 13.5. The maximum absolute atomic E-state index is 8.82. The van der Waals surface area contributed by atoms with Gasteiger partial charge in [0.25, 0.3) is 0 Å². The van der Waals surface area contributed by atoms with Gasteiger partial charge in [-0.05, 0) is 42.8 Å². The van der Waals surface area contributed by atoms with Crippen LogP contribution >= 0.6 is 0 Å². The summed E-state index contributed by atoms with van der Waals surface area (Å²) in [6, 6.07) is 13.1. The van der Waals surface area contributed by atoms with E-state index in [-0.39, 0.29) is 0 Å². The molecule has 4 nitrogen and oxygen atoms in total. The van der Waals surface area contributed by atoms with E-state index in [0.29, 0.717) is 11.4 Å². The van der Waals surface area contributed by atoms with E-state index in [4.69, 9.17) is 10.00 Å². The third-order valence-electron chi connectivity index (χ3n) is 2.49. The van der Waals surface area contributed by atoms with Gasteiger partial charge in [0.05, 0.1) is 18.2 Å². The first kappa shape index (κ1) is 12.9. The first-order chi connectivity index (χ1) is 9.31. The molecule has 96 valence electrons. The van der Waals surface area contributed by atoms with Gasteiger partial charge in [0.2, 0.25) is 0 Å². The molecular formula is C15H15N3O. The number of ether oxygens (including phenoxy) is 1. The molecule has 0 saturated carbocycles. The van der Waals surface area contributed by atoms with Gasteiger partial charge in [0.1, 0.15) is 11.6 Å². The minimum absolute atomic E-state index is 0.584. The van der Waals surface area contributed by atoms with Gasteiger partial charge >= 0.3 is 0 Å². The Hall–Kier alpha value is -2.54. The fourth-order valence-corrected chi connectivity index (χ4v) is 1.57. The van der Waals surface area contributed by atoms with Crippen LogP contribution in [0.4, 0.5) is 11.5 Å². The highest BCUT2D eigenvalue weighted by Crippen LogP contribution is 2.19. The first-order valence-electron chi connectivity index (χ1n) is 6.18. The molecule has 1 aromatic heterocycles. The summed E-state index contributed by atoms with van der Waals surface area (Å²) in [5.41, 5.74) is 1.49. The molecule has 0 fully saturated rings. The van der Waals surface area contributed by atoms with Crippen molar-refractivity contribution in [2.45, 2.75) is 13.3 Å². The van der Waals surface area contributed by atoms with Crippen LogP contribution < -0.4 is 10.1 Å². The largest absolute Gasteiger partial charge is 0.494 e. The van der Waals surface area contributed by atoms with Crippen LogP contribution in [0.15, 0.2) is 42.6 Å². The molecule has 1 aromatic carbocycles. The molecule has 1 heterocycles. The highest BCUT2D eigenvalue weighted by Gasteiger charge is 1.99. The van der Waals surface area contributed by atoms with E-state index in [1.165, 1.54) is 0 Å². The third-order valence-corrected chi connectivity index (χ3v) is 2.49. The predicted octanol–water partition coefficient (Wildman–Crippen LogP) is 3.49. The fourth-order valence-electron chi connectivity index (χ4n) is 1.57. The second-order valence-electron chi connectivity index (χ2n) is 4.04. The number of nitriles is 1. The molecule has 0 saturated heterocycles. The summed E-state index contributed by atoms with van der Waals surface area (Å²) in [6.07, 6.45) is 2.60. The van der Waals surface area contributed by atoms with Crippen LogP contribution in [0.3, 0.4) is 0 Å². The van der Waals surface area contributed by atoms with Crippen molar-refractivity contribution in [3.05, 3.63) is 48.2 Å². The van der Waals surface area contributed by atoms with Gasteiger partial charge in [0, 0.05) is 11.9 Å². The van der Waals surface area contributed by atoms with Crippen molar-refractivity contribution in [1.29, 1.82) is 5.26 Å². The first-order valence-corrected chi connectivity index (χ1v) is 6.18. The number of nitrogens with zero attached hydrogens (tertiary/aromatic N) is 2. The SMILES string of the molecule is CCCOc1ccc(Nc2cc(C#N)ccn2)cc1. The van der Waals surface area contributed by atoms with Crippen molar-refractivity contribution in [3.63, 3.8) is 0 Å². The Labute approximate surface area is 112 Å². The lowest BCUT2D eigenvalue weighted by Gasteiger charge is -2.08. The molecule has 4 heteroatoms. The summed E-state index contributed by atoms with van der Waals surface area (Å²) in [6.45, 7) is 2.79. The molecule has 0 unspecified atom stereocenters. The van der Waals surface area contributed by atoms with E-state index in [9.17, 15) is 0 Å². The van der Waals surface area contributed by atoms with Crippen LogP contribution in [0.25, 0.3) is 0 Å². The van der Waals surface area contributed by atoms with Crippen molar-refractivity contribution in [2.24, 2.45) is 0 Å². The fraction of sp³-hybridized carbons (Fsp3) is 0.200. The third kappa shape index (κ3) is 3.71. The molecule has 0 spiro atoms. The van der Waals surface area contributed by atoms with E-state index in [0.717, 1.165) is 24.5 Å². The Morgan fingerprint density at radius 1 is 1.26 bits per heavy atom. The van der Waals surface area contributed by atoms with Crippen LogP contribution in [0, 0.1) is 11.3 Å². The van der Waals surface area contributed by atoms with Crippen LogP contribution in [-0.4, -0.2) is 11.6 Å². The molecule has 0 aliphatic heterocycles. The number of anilines is 2. The monoisotopic (exact) mass is 253 g/mol. The van der Waals surface area contributed by atoms with Crippen molar-refractivity contribution >= 4 is 11.5 Å². The Morgan fingerprint density at radius 3 is 2.74 bits per heavy atom. The molecular weight excluding hydrogens is 238 g/mol. The minimum atomic E-state index is 0.584. The van der Waals surface area contributed by atoms with E-state index < -0.39 is 0 Å². The topological polar surface area (TPSA) is 57.9 Å². The van der Waals surface area contributed by atoms with Crippen LogP contribution in [0.1, 0.15) is 18.9 Å². The van der Waals surface area contributed by atoms with E-state index in [1.54, 1.807) is 18.3 Å². The highest BCUT2D eigenvalue weighted by molar-refractivity contribution is 5.58. The second kappa shape index (κ2) is 6.41. The lowest BCUT2D eigenvalue weighted by Crippen LogP contribution is -1.96.